The second-order valence-electron chi connectivity index (χ2n) is 6.93. The van der Waals surface area contributed by atoms with Crippen molar-refractivity contribution in [2.24, 2.45) is 0 Å². The lowest BCUT2D eigenvalue weighted by atomic mass is 10.1. The van der Waals surface area contributed by atoms with Crippen LogP contribution in [0.3, 0.4) is 0 Å². The Bertz CT molecular complexity index is 949. The molecule has 0 bridgehead atoms. The van der Waals surface area contributed by atoms with Gasteiger partial charge in [0.15, 0.2) is 6.10 Å². The maximum atomic E-state index is 12.4. The minimum atomic E-state index is -0.577. The minimum Gasteiger partial charge on any atom is -0.481 e. The van der Waals surface area contributed by atoms with Crippen molar-refractivity contribution in [1.82, 2.24) is 0 Å². The van der Waals surface area contributed by atoms with Gasteiger partial charge in [0.05, 0.1) is 0 Å². The molecule has 0 saturated carbocycles. The number of carbonyl (C=O) groups excluding carboxylic acids is 1. The molecule has 0 saturated heterocycles. The van der Waals surface area contributed by atoms with Crippen molar-refractivity contribution in [3.8, 4) is 5.75 Å². The molecular formula is C24H25NO2S. The lowest BCUT2D eigenvalue weighted by molar-refractivity contribution is -0.122. The van der Waals surface area contributed by atoms with Crippen molar-refractivity contribution in [2.75, 3.05) is 5.32 Å². The minimum absolute atomic E-state index is 0.171. The Morgan fingerprint density at radius 2 is 1.50 bits per heavy atom. The number of ether oxygens (including phenoxy) is 1. The Labute approximate surface area is 171 Å². The standard InChI is InChI=1S/C24H25NO2S/c1-16-5-10-21(11-6-16)27-19(4)24(26)25-20-8-13-22(14-9-20)28-23-12-7-17(2)18(3)15-23/h5-15,19H,1-4H3,(H,25,26)/t19-/m1/s1. The third-order valence-electron chi connectivity index (χ3n) is 4.54. The fourth-order valence-electron chi connectivity index (χ4n) is 2.64. The molecule has 28 heavy (non-hydrogen) atoms. The molecular weight excluding hydrogens is 366 g/mol. The zero-order valence-corrected chi connectivity index (χ0v) is 17.5. The van der Waals surface area contributed by atoms with Gasteiger partial charge in [0.2, 0.25) is 0 Å². The Morgan fingerprint density at radius 1 is 0.857 bits per heavy atom. The number of hydrogen-bond acceptors (Lipinski definition) is 3. The van der Waals surface area contributed by atoms with Gasteiger partial charge < -0.3 is 10.1 Å². The molecule has 0 aliphatic carbocycles. The second kappa shape index (κ2) is 8.98. The van der Waals surface area contributed by atoms with E-state index in [1.54, 1.807) is 18.7 Å². The van der Waals surface area contributed by atoms with Gasteiger partial charge in [0.1, 0.15) is 5.75 Å². The molecule has 1 atom stereocenters. The summed E-state index contributed by atoms with van der Waals surface area (Å²) >= 11 is 1.71. The van der Waals surface area contributed by atoms with Crippen molar-refractivity contribution in [3.63, 3.8) is 0 Å². The lowest BCUT2D eigenvalue weighted by Crippen LogP contribution is -2.30. The van der Waals surface area contributed by atoms with E-state index >= 15 is 0 Å². The average Bonchev–Trinajstić information content (AvgIpc) is 2.68. The predicted octanol–water partition coefficient (Wildman–Crippen LogP) is 6.17. The van der Waals surface area contributed by atoms with Crippen LogP contribution in [0.5, 0.6) is 5.75 Å². The van der Waals surface area contributed by atoms with Crippen LogP contribution in [0.15, 0.2) is 76.5 Å². The summed E-state index contributed by atoms with van der Waals surface area (Å²) < 4.78 is 5.71. The quantitative estimate of drug-likeness (QED) is 0.546. The summed E-state index contributed by atoms with van der Waals surface area (Å²) in [6.07, 6.45) is -0.577. The van der Waals surface area contributed by atoms with Gasteiger partial charge in [-0.25, -0.2) is 0 Å². The molecule has 3 rings (SSSR count). The SMILES string of the molecule is Cc1ccc(O[C@H](C)C(=O)Nc2ccc(Sc3ccc(C)c(C)c3)cc2)cc1. The highest BCUT2D eigenvalue weighted by Gasteiger charge is 2.15. The van der Waals surface area contributed by atoms with Gasteiger partial charge >= 0.3 is 0 Å². The molecule has 1 amide bonds. The van der Waals surface area contributed by atoms with E-state index in [4.69, 9.17) is 4.74 Å². The number of hydrogen-bond donors (Lipinski definition) is 1. The maximum Gasteiger partial charge on any atom is 0.265 e. The number of benzene rings is 3. The fraction of sp³-hybridized carbons (Fsp3) is 0.208. The highest BCUT2D eigenvalue weighted by Crippen LogP contribution is 2.29. The van der Waals surface area contributed by atoms with Crippen LogP contribution in [-0.4, -0.2) is 12.0 Å². The first-order valence-corrected chi connectivity index (χ1v) is 10.1. The van der Waals surface area contributed by atoms with Gasteiger partial charge in [0, 0.05) is 15.5 Å². The number of carbonyl (C=O) groups is 1. The lowest BCUT2D eigenvalue weighted by Gasteiger charge is -2.15. The van der Waals surface area contributed by atoms with Crippen LogP contribution in [0.2, 0.25) is 0 Å². The number of nitrogens with one attached hydrogen (secondary N) is 1. The first-order valence-electron chi connectivity index (χ1n) is 9.30. The summed E-state index contributed by atoms with van der Waals surface area (Å²) in [6.45, 7) is 8.00. The highest BCUT2D eigenvalue weighted by atomic mass is 32.2. The molecule has 144 valence electrons. The van der Waals surface area contributed by atoms with Gasteiger partial charge in [-0.3, -0.25) is 4.79 Å². The molecule has 0 aliphatic heterocycles. The molecule has 0 spiro atoms. The van der Waals surface area contributed by atoms with E-state index in [2.05, 4.69) is 37.4 Å². The second-order valence-corrected chi connectivity index (χ2v) is 8.08. The van der Waals surface area contributed by atoms with E-state index in [-0.39, 0.29) is 5.91 Å². The summed E-state index contributed by atoms with van der Waals surface area (Å²) in [5, 5.41) is 2.91. The Hall–Kier alpha value is -2.72. The van der Waals surface area contributed by atoms with Gasteiger partial charge in [-0.05, 0) is 87.4 Å². The molecule has 0 aliphatic rings. The van der Waals surface area contributed by atoms with Crippen LogP contribution in [0, 0.1) is 20.8 Å². The van der Waals surface area contributed by atoms with E-state index in [9.17, 15) is 4.79 Å². The first kappa shape index (κ1) is 20.0. The summed E-state index contributed by atoms with van der Waals surface area (Å²) in [4.78, 5) is 14.7. The van der Waals surface area contributed by atoms with Crippen molar-refractivity contribution in [1.29, 1.82) is 0 Å². The molecule has 3 nitrogen and oxygen atoms in total. The number of amides is 1. The maximum absolute atomic E-state index is 12.4. The Morgan fingerprint density at radius 3 is 2.14 bits per heavy atom. The molecule has 3 aromatic rings. The molecule has 0 radical (unpaired) electrons. The van der Waals surface area contributed by atoms with Crippen molar-refractivity contribution in [3.05, 3.63) is 83.4 Å². The largest absolute Gasteiger partial charge is 0.481 e. The molecule has 0 aromatic heterocycles. The smallest absolute Gasteiger partial charge is 0.265 e. The van der Waals surface area contributed by atoms with Crippen molar-refractivity contribution in [2.45, 2.75) is 43.6 Å². The van der Waals surface area contributed by atoms with Crippen LogP contribution in [0.4, 0.5) is 5.69 Å². The summed E-state index contributed by atoms with van der Waals surface area (Å²) in [5.41, 5.74) is 4.50. The monoisotopic (exact) mass is 391 g/mol. The topological polar surface area (TPSA) is 38.3 Å². The first-order chi connectivity index (χ1) is 13.4. The third-order valence-corrected chi connectivity index (χ3v) is 5.54. The number of anilines is 1. The normalized spacial score (nSPS) is 11.7. The van der Waals surface area contributed by atoms with Gasteiger partial charge in [0.25, 0.3) is 5.91 Å². The van der Waals surface area contributed by atoms with Crippen LogP contribution < -0.4 is 10.1 Å². The number of aryl methyl sites for hydroxylation is 3. The highest BCUT2D eigenvalue weighted by molar-refractivity contribution is 7.99. The third kappa shape index (κ3) is 5.40. The predicted molar refractivity (Wildman–Crippen MR) is 116 cm³/mol. The van der Waals surface area contributed by atoms with Gasteiger partial charge in [-0.1, -0.05) is 35.5 Å². The molecule has 3 aromatic carbocycles. The average molecular weight is 392 g/mol. The van der Waals surface area contributed by atoms with E-state index < -0.39 is 6.10 Å². The zero-order valence-electron chi connectivity index (χ0n) is 16.7. The zero-order chi connectivity index (χ0) is 20.1. The van der Waals surface area contributed by atoms with Crippen LogP contribution in [-0.2, 0) is 4.79 Å². The molecule has 4 heteroatoms. The van der Waals surface area contributed by atoms with E-state index in [0.717, 1.165) is 16.1 Å². The summed E-state index contributed by atoms with van der Waals surface area (Å²) in [6, 6.07) is 22.0. The van der Waals surface area contributed by atoms with E-state index in [0.29, 0.717) is 5.75 Å². The van der Waals surface area contributed by atoms with Crippen LogP contribution in [0.1, 0.15) is 23.6 Å². The molecule has 0 fully saturated rings. The van der Waals surface area contributed by atoms with E-state index in [1.807, 2.05) is 55.5 Å². The molecule has 0 heterocycles. The van der Waals surface area contributed by atoms with Crippen molar-refractivity contribution >= 4 is 23.4 Å². The van der Waals surface area contributed by atoms with Crippen molar-refractivity contribution < 1.29 is 9.53 Å². The van der Waals surface area contributed by atoms with Gasteiger partial charge in [-0.15, -0.1) is 0 Å². The Kier molecular flexibility index (Phi) is 6.42. The Balaban J connectivity index is 1.57. The van der Waals surface area contributed by atoms with E-state index in [1.165, 1.54) is 16.0 Å². The van der Waals surface area contributed by atoms with Gasteiger partial charge in [-0.2, -0.15) is 0 Å². The molecule has 1 N–H and O–H groups in total. The molecule has 0 unspecified atom stereocenters. The van der Waals surface area contributed by atoms with Crippen LogP contribution >= 0.6 is 11.8 Å². The number of rotatable bonds is 6. The summed E-state index contributed by atoms with van der Waals surface area (Å²) in [5.74, 6) is 0.517. The fourth-order valence-corrected chi connectivity index (χ4v) is 3.55. The summed E-state index contributed by atoms with van der Waals surface area (Å²) in [7, 11) is 0. The van der Waals surface area contributed by atoms with Crippen LogP contribution in [0.25, 0.3) is 0 Å².